The number of hydrogen-bond acceptors (Lipinski definition) is 4. The van der Waals surface area contributed by atoms with Crippen molar-refractivity contribution in [3.63, 3.8) is 0 Å². The number of sulfone groups is 1. The predicted molar refractivity (Wildman–Crippen MR) is 96.4 cm³/mol. The summed E-state index contributed by atoms with van der Waals surface area (Å²) in [6.45, 7) is 4.18. The average molecular weight is 373 g/mol. The Labute approximate surface area is 150 Å². The predicted octanol–water partition coefficient (Wildman–Crippen LogP) is 1.58. The van der Waals surface area contributed by atoms with Gasteiger partial charge in [-0.1, -0.05) is 6.07 Å². The van der Waals surface area contributed by atoms with Crippen LogP contribution >= 0.6 is 12.4 Å². The standard InChI is InChI=1S/C17H24N2O3S.ClH/c1-13-12-18-8-9-19(13)17(20)7-10-23(21,22)16-6-5-14-3-2-4-15(14)11-16;/h5-6,11,13,18H,2-4,7-10,12H2,1H3;1H. The molecular weight excluding hydrogens is 348 g/mol. The molecule has 24 heavy (non-hydrogen) atoms. The second-order valence-corrected chi connectivity index (χ2v) is 8.60. The third kappa shape index (κ3) is 4.10. The van der Waals surface area contributed by atoms with E-state index >= 15 is 0 Å². The lowest BCUT2D eigenvalue weighted by Crippen LogP contribution is -2.52. The summed E-state index contributed by atoms with van der Waals surface area (Å²) in [5.41, 5.74) is 2.41. The van der Waals surface area contributed by atoms with E-state index in [1.807, 2.05) is 13.0 Å². The number of carbonyl (C=O) groups is 1. The average Bonchev–Trinajstić information content (AvgIpc) is 3.00. The number of amides is 1. The van der Waals surface area contributed by atoms with Crippen LogP contribution in [-0.2, 0) is 27.5 Å². The van der Waals surface area contributed by atoms with E-state index in [-0.39, 0.29) is 36.5 Å². The molecule has 5 nitrogen and oxygen atoms in total. The molecule has 0 spiro atoms. The van der Waals surface area contributed by atoms with Crippen molar-refractivity contribution in [3.05, 3.63) is 29.3 Å². The number of fused-ring (bicyclic) bond motifs is 1. The van der Waals surface area contributed by atoms with E-state index in [1.165, 1.54) is 5.56 Å². The number of nitrogens with zero attached hydrogens (tertiary/aromatic N) is 1. The normalized spacial score (nSPS) is 20.4. The first kappa shape index (κ1) is 19.2. The Balaban J connectivity index is 0.00000208. The Kier molecular flexibility index (Phi) is 6.28. The van der Waals surface area contributed by atoms with E-state index in [4.69, 9.17) is 0 Å². The highest BCUT2D eigenvalue weighted by molar-refractivity contribution is 7.91. The van der Waals surface area contributed by atoms with Crippen LogP contribution in [0, 0.1) is 0 Å². The Bertz CT molecular complexity index is 706. The molecule has 1 aromatic rings. The van der Waals surface area contributed by atoms with Crippen molar-refractivity contribution < 1.29 is 13.2 Å². The monoisotopic (exact) mass is 372 g/mol. The molecule has 2 aliphatic rings. The van der Waals surface area contributed by atoms with Crippen LogP contribution in [0.25, 0.3) is 0 Å². The number of benzene rings is 1. The molecule has 1 heterocycles. The fraction of sp³-hybridized carbons (Fsp3) is 0.588. The Morgan fingerprint density at radius 1 is 1.29 bits per heavy atom. The van der Waals surface area contributed by atoms with E-state index in [2.05, 4.69) is 5.32 Å². The molecule has 1 atom stereocenters. The van der Waals surface area contributed by atoms with E-state index in [0.29, 0.717) is 11.4 Å². The molecule has 0 saturated carbocycles. The fourth-order valence-corrected chi connectivity index (χ4v) is 4.71. The van der Waals surface area contributed by atoms with Crippen LogP contribution in [-0.4, -0.2) is 50.7 Å². The lowest BCUT2D eigenvalue weighted by atomic mass is 10.1. The highest BCUT2D eigenvalue weighted by Crippen LogP contribution is 2.25. The number of aryl methyl sites for hydroxylation is 2. The van der Waals surface area contributed by atoms with Crippen molar-refractivity contribution in [1.29, 1.82) is 0 Å². The van der Waals surface area contributed by atoms with Gasteiger partial charge in [-0.2, -0.15) is 0 Å². The van der Waals surface area contributed by atoms with Crippen molar-refractivity contribution in [2.24, 2.45) is 0 Å². The molecule has 0 bridgehead atoms. The maximum Gasteiger partial charge on any atom is 0.223 e. The zero-order chi connectivity index (χ0) is 16.4. The summed E-state index contributed by atoms with van der Waals surface area (Å²) in [5, 5.41) is 3.23. The summed E-state index contributed by atoms with van der Waals surface area (Å²) in [6, 6.07) is 5.54. The largest absolute Gasteiger partial charge is 0.337 e. The van der Waals surface area contributed by atoms with Gasteiger partial charge < -0.3 is 10.2 Å². The van der Waals surface area contributed by atoms with Gasteiger partial charge in [0.25, 0.3) is 0 Å². The molecule has 1 aromatic carbocycles. The topological polar surface area (TPSA) is 66.5 Å². The van der Waals surface area contributed by atoms with E-state index in [0.717, 1.165) is 37.9 Å². The van der Waals surface area contributed by atoms with Crippen molar-refractivity contribution in [1.82, 2.24) is 10.2 Å². The molecule has 1 aliphatic heterocycles. The molecular formula is C17H25ClN2O3S. The lowest BCUT2D eigenvalue weighted by molar-refractivity contribution is -0.133. The Hall–Kier alpha value is -1.11. The summed E-state index contributed by atoms with van der Waals surface area (Å²) in [5.74, 6) is -0.176. The zero-order valence-electron chi connectivity index (χ0n) is 14.0. The summed E-state index contributed by atoms with van der Waals surface area (Å²) >= 11 is 0. The van der Waals surface area contributed by atoms with Crippen LogP contribution in [0.3, 0.4) is 0 Å². The van der Waals surface area contributed by atoms with Crippen molar-refractivity contribution in [2.75, 3.05) is 25.4 Å². The van der Waals surface area contributed by atoms with Crippen molar-refractivity contribution in [3.8, 4) is 0 Å². The molecule has 1 N–H and O–H groups in total. The number of carbonyl (C=O) groups excluding carboxylic acids is 1. The maximum absolute atomic E-state index is 12.5. The van der Waals surface area contributed by atoms with Gasteiger partial charge in [-0.25, -0.2) is 8.42 Å². The second kappa shape index (κ2) is 7.85. The van der Waals surface area contributed by atoms with Crippen molar-refractivity contribution >= 4 is 28.2 Å². The molecule has 0 radical (unpaired) electrons. The molecule has 1 amide bonds. The Morgan fingerprint density at radius 3 is 2.79 bits per heavy atom. The van der Waals surface area contributed by atoms with Gasteiger partial charge in [0.2, 0.25) is 5.91 Å². The van der Waals surface area contributed by atoms with Crippen LogP contribution in [0.15, 0.2) is 23.1 Å². The highest BCUT2D eigenvalue weighted by Gasteiger charge is 2.25. The summed E-state index contributed by atoms with van der Waals surface area (Å²) < 4.78 is 25.0. The molecule has 3 rings (SSSR count). The zero-order valence-corrected chi connectivity index (χ0v) is 15.6. The van der Waals surface area contributed by atoms with Gasteiger partial charge in [0.05, 0.1) is 10.6 Å². The quantitative estimate of drug-likeness (QED) is 0.871. The summed E-state index contributed by atoms with van der Waals surface area (Å²) in [4.78, 5) is 14.5. The number of nitrogens with one attached hydrogen (secondary N) is 1. The number of hydrogen-bond donors (Lipinski definition) is 1. The molecule has 1 fully saturated rings. The van der Waals surface area contributed by atoms with Gasteiger partial charge in [-0.15, -0.1) is 12.4 Å². The van der Waals surface area contributed by atoms with E-state index in [1.54, 1.807) is 17.0 Å². The molecule has 134 valence electrons. The van der Waals surface area contributed by atoms with Gasteiger partial charge in [0, 0.05) is 32.1 Å². The highest BCUT2D eigenvalue weighted by atomic mass is 35.5. The lowest BCUT2D eigenvalue weighted by Gasteiger charge is -2.34. The number of piperazine rings is 1. The third-order valence-electron chi connectivity index (χ3n) is 4.84. The Morgan fingerprint density at radius 2 is 2.04 bits per heavy atom. The summed E-state index contributed by atoms with van der Waals surface area (Å²) in [6.07, 6.45) is 3.15. The molecule has 1 saturated heterocycles. The minimum absolute atomic E-state index is 0. The molecule has 1 unspecified atom stereocenters. The van der Waals surface area contributed by atoms with Gasteiger partial charge in [0.15, 0.2) is 9.84 Å². The SMILES string of the molecule is CC1CNCCN1C(=O)CCS(=O)(=O)c1ccc2c(c1)CCC2.Cl. The first-order valence-electron chi connectivity index (χ1n) is 8.32. The van der Waals surface area contributed by atoms with Crippen LogP contribution < -0.4 is 5.32 Å². The van der Waals surface area contributed by atoms with Gasteiger partial charge in [-0.05, 0) is 49.4 Å². The first-order valence-corrected chi connectivity index (χ1v) is 9.97. The molecule has 7 heteroatoms. The second-order valence-electron chi connectivity index (χ2n) is 6.49. The van der Waals surface area contributed by atoms with E-state index < -0.39 is 9.84 Å². The minimum atomic E-state index is -3.40. The van der Waals surface area contributed by atoms with Gasteiger partial charge >= 0.3 is 0 Å². The molecule has 0 aromatic heterocycles. The number of halogens is 1. The van der Waals surface area contributed by atoms with Crippen LogP contribution in [0.1, 0.15) is 30.9 Å². The van der Waals surface area contributed by atoms with Gasteiger partial charge in [-0.3, -0.25) is 4.79 Å². The first-order chi connectivity index (χ1) is 11.0. The van der Waals surface area contributed by atoms with Crippen LogP contribution in [0.5, 0.6) is 0 Å². The van der Waals surface area contributed by atoms with Crippen LogP contribution in [0.2, 0.25) is 0 Å². The smallest absolute Gasteiger partial charge is 0.223 e. The molecule has 1 aliphatic carbocycles. The fourth-order valence-electron chi connectivity index (χ4n) is 3.44. The summed E-state index contributed by atoms with van der Waals surface area (Å²) in [7, 11) is -3.40. The minimum Gasteiger partial charge on any atom is -0.337 e. The number of rotatable bonds is 4. The third-order valence-corrected chi connectivity index (χ3v) is 6.55. The van der Waals surface area contributed by atoms with Crippen LogP contribution in [0.4, 0.5) is 0 Å². The van der Waals surface area contributed by atoms with Crippen molar-refractivity contribution in [2.45, 2.75) is 43.5 Å². The maximum atomic E-state index is 12.5. The van der Waals surface area contributed by atoms with Gasteiger partial charge in [0.1, 0.15) is 0 Å². The van der Waals surface area contributed by atoms with E-state index in [9.17, 15) is 13.2 Å².